The van der Waals surface area contributed by atoms with Crippen molar-refractivity contribution in [3.8, 4) is 0 Å². The molecule has 0 saturated heterocycles. The molecule has 0 fully saturated rings. The van der Waals surface area contributed by atoms with Gasteiger partial charge in [-0.3, -0.25) is 4.79 Å². The van der Waals surface area contributed by atoms with Crippen LogP contribution < -0.4 is 10.6 Å². The fraction of sp³-hybridized carbons (Fsp3) is 0.300. The molecule has 0 unspecified atom stereocenters. The van der Waals surface area contributed by atoms with Gasteiger partial charge in [-0.25, -0.2) is 9.18 Å². The number of carbonyl (C=O) groups excluding carboxylic acids is 2. The van der Waals surface area contributed by atoms with Crippen LogP contribution in [0.15, 0.2) is 48.5 Å². The van der Waals surface area contributed by atoms with E-state index in [4.69, 9.17) is 0 Å². The van der Waals surface area contributed by atoms with Crippen LogP contribution in [-0.2, 0) is 11.2 Å². The SMILES string of the molecule is C[C@H](NC(=O)Nc1ccccc1CCC(=O)N(C)C)c1ccc(F)cc1. The molecule has 0 aromatic heterocycles. The first kappa shape index (κ1) is 19.4. The maximum absolute atomic E-state index is 13.0. The number of nitrogens with zero attached hydrogens (tertiary/aromatic N) is 1. The Bertz CT molecular complexity index is 760. The summed E-state index contributed by atoms with van der Waals surface area (Å²) in [6.45, 7) is 1.83. The Labute approximate surface area is 153 Å². The highest BCUT2D eigenvalue weighted by Crippen LogP contribution is 2.18. The van der Waals surface area contributed by atoms with E-state index in [1.165, 1.54) is 12.1 Å². The molecule has 2 N–H and O–H groups in total. The van der Waals surface area contributed by atoms with Crippen molar-refractivity contribution in [2.75, 3.05) is 19.4 Å². The Morgan fingerprint density at radius 2 is 1.73 bits per heavy atom. The number of halogens is 1. The standard InChI is InChI=1S/C20H24FN3O2/c1-14(15-8-11-17(21)12-9-15)22-20(26)23-18-7-5-4-6-16(18)10-13-19(25)24(2)3/h4-9,11-12,14H,10,13H2,1-3H3,(H2,22,23,26)/t14-/m0/s1. The summed E-state index contributed by atoms with van der Waals surface area (Å²) in [7, 11) is 3.44. The van der Waals surface area contributed by atoms with Gasteiger partial charge >= 0.3 is 6.03 Å². The molecule has 3 amide bonds. The Balaban J connectivity index is 1.98. The quantitative estimate of drug-likeness (QED) is 0.827. The van der Waals surface area contributed by atoms with Crippen molar-refractivity contribution in [2.45, 2.75) is 25.8 Å². The lowest BCUT2D eigenvalue weighted by Crippen LogP contribution is -2.31. The number of rotatable bonds is 6. The highest BCUT2D eigenvalue weighted by atomic mass is 19.1. The fourth-order valence-electron chi connectivity index (χ4n) is 2.52. The number of anilines is 1. The molecule has 138 valence electrons. The van der Waals surface area contributed by atoms with E-state index in [1.54, 1.807) is 37.2 Å². The minimum absolute atomic E-state index is 0.0363. The Hall–Kier alpha value is -2.89. The number of hydrogen-bond acceptors (Lipinski definition) is 2. The van der Waals surface area contributed by atoms with E-state index < -0.39 is 0 Å². The second-order valence-corrected chi connectivity index (χ2v) is 6.32. The number of amides is 3. The van der Waals surface area contributed by atoms with Crippen LogP contribution in [0, 0.1) is 5.82 Å². The molecule has 2 aromatic carbocycles. The van der Waals surface area contributed by atoms with Gasteiger partial charge in [0.2, 0.25) is 5.91 Å². The first-order valence-corrected chi connectivity index (χ1v) is 8.48. The number of aryl methyl sites for hydroxylation is 1. The third-order valence-corrected chi connectivity index (χ3v) is 4.09. The summed E-state index contributed by atoms with van der Waals surface area (Å²) in [4.78, 5) is 25.6. The smallest absolute Gasteiger partial charge is 0.319 e. The van der Waals surface area contributed by atoms with Crippen LogP contribution >= 0.6 is 0 Å². The minimum atomic E-state index is -0.354. The molecule has 2 rings (SSSR count). The largest absolute Gasteiger partial charge is 0.349 e. The van der Waals surface area contributed by atoms with E-state index in [-0.39, 0.29) is 23.8 Å². The summed E-state index contributed by atoms with van der Waals surface area (Å²) in [6, 6.07) is 12.8. The van der Waals surface area contributed by atoms with Crippen molar-refractivity contribution in [1.82, 2.24) is 10.2 Å². The van der Waals surface area contributed by atoms with E-state index in [2.05, 4.69) is 10.6 Å². The minimum Gasteiger partial charge on any atom is -0.349 e. The van der Waals surface area contributed by atoms with Crippen LogP contribution in [0.2, 0.25) is 0 Å². The normalized spacial score (nSPS) is 11.5. The zero-order valence-electron chi connectivity index (χ0n) is 15.3. The molecule has 0 bridgehead atoms. The van der Waals surface area contributed by atoms with Crippen molar-refractivity contribution in [2.24, 2.45) is 0 Å². The van der Waals surface area contributed by atoms with Gasteiger partial charge in [0.05, 0.1) is 6.04 Å². The summed E-state index contributed by atoms with van der Waals surface area (Å²) < 4.78 is 13.0. The van der Waals surface area contributed by atoms with Gasteiger partial charge in [0, 0.05) is 26.2 Å². The van der Waals surface area contributed by atoms with E-state index in [0.717, 1.165) is 11.1 Å². The van der Waals surface area contributed by atoms with Gasteiger partial charge in [0.1, 0.15) is 5.82 Å². The molecule has 0 heterocycles. The number of carbonyl (C=O) groups is 2. The fourth-order valence-corrected chi connectivity index (χ4v) is 2.52. The number of urea groups is 1. The first-order valence-electron chi connectivity index (χ1n) is 8.48. The van der Waals surface area contributed by atoms with Crippen LogP contribution in [0.5, 0.6) is 0 Å². The molecular formula is C20H24FN3O2. The lowest BCUT2D eigenvalue weighted by Gasteiger charge is -2.17. The number of para-hydroxylation sites is 1. The molecule has 0 aliphatic carbocycles. The lowest BCUT2D eigenvalue weighted by atomic mass is 10.1. The predicted molar refractivity (Wildman–Crippen MR) is 100 cm³/mol. The molecule has 0 aliphatic heterocycles. The average molecular weight is 357 g/mol. The van der Waals surface area contributed by atoms with Crippen LogP contribution in [0.1, 0.15) is 30.5 Å². The van der Waals surface area contributed by atoms with Crippen LogP contribution in [0.3, 0.4) is 0 Å². The van der Waals surface area contributed by atoms with Crippen LogP contribution in [0.25, 0.3) is 0 Å². The van der Waals surface area contributed by atoms with Gasteiger partial charge in [0.15, 0.2) is 0 Å². The lowest BCUT2D eigenvalue weighted by molar-refractivity contribution is -0.128. The van der Waals surface area contributed by atoms with Crippen molar-refractivity contribution in [3.63, 3.8) is 0 Å². The number of benzene rings is 2. The van der Waals surface area contributed by atoms with Gasteiger partial charge in [0.25, 0.3) is 0 Å². The van der Waals surface area contributed by atoms with E-state index in [9.17, 15) is 14.0 Å². The number of hydrogen-bond donors (Lipinski definition) is 2. The molecule has 0 radical (unpaired) electrons. The van der Waals surface area contributed by atoms with E-state index in [0.29, 0.717) is 18.5 Å². The highest BCUT2D eigenvalue weighted by molar-refractivity contribution is 5.90. The third kappa shape index (κ3) is 5.58. The maximum atomic E-state index is 13.0. The second-order valence-electron chi connectivity index (χ2n) is 6.32. The van der Waals surface area contributed by atoms with Gasteiger partial charge in [-0.2, -0.15) is 0 Å². The molecule has 26 heavy (non-hydrogen) atoms. The van der Waals surface area contributed by atoms with E-state index in [1.807, 2.05) is 25.1 Å². The third-order valence-electron chi connectivity index (χ3n) is 4.09. The molecule has 1 atom stereocenters. The average Bonchev–Trinajstić information content (AvgIpc) is 2.61. The summed E-state index contributed by atoms with van der Waals surface area (Å²) in [5, 5.41) is 5.65. The van der Waals surface area contributed by atoms with Crippen LogP contribution in [-0.4, -0.2) is 30.9 Å². The van der Waals surface area contributed by atoms with Gasteiger partial charge < -0.3 is 15.5 Å². The predicted octanol–water partition coefficient (Wildman–Crippen LogP) is 3.73. The van der Waals surface area contributed by atoms with Crippen molar-refractivity contribution < 1.29 is 14.0 Å². The molecule has 6 heteroatoms. The monoisotopic (exact) mass is 357 g/mol. The first-order chi connectivity index (χ1) is 12.4. The highest BCUT2D eigenvalue weighted by Gasteiger charge is 2.12. The summed E-state index contributed by atoms with van der Waals surface area (Å²) in [5.41, 5.74) is 2.38. The zero-order valence-corrected chi connectivity index (χ0v) is 15.3. The Morgan fingerprint density at radius 3 is 2.38 bits per heavy atom. The molecular weight excluding hydrogens is 333 g/mol. The van der Waals surface area contributed by atoms with Crippen LogP contribution in [0.4, 0.5) is 14.9 Å². The summed E-state index contributed by atoms with van der Waals surface area (Å²) in [5.74, 6) is -0.277. The van der Waals surface area contributed by atoms with Crippen molar-refractivity contribution >= 4 is 17.6 Å². The maximum Gasteiger partial charge on any atom is 0.319 e. The second kappa shape index (κ2) is 8.99. The zero-order chi connectivity index (χ0) is 19.1. The van der Waals surface area contributed by atoms with Gasteiger partial charge in [-0.1, -0.05) is 30.3 Å². The molecule has 0 aliphatic rings. The topological polar surface area (TPSA) is 61.4 Å². The molecule has 5 nitrogen and oxygen atoms in total. The molecule has 2 aromatic rings. The van der Waals surface area contributed by atoms with Gasteiger partial charge in [-0.15, -0.1) is 0 Å². The summed E-state index contributed by atoms with van der Waals surface area (Å²) in [6.07, 6.45) is 0.917. The van der Waals surface area contributed by atoms with Gasteiger partial charge in [-0.05, 0) is 42.7 Å². The molecule has 0 saturated carbocycles. The Morgan fingerprint density at radius 1 is 1.08 bits per heavy atom. The summed E-state index contributed by atoms with van der Waals surface area (Å²) >= 11 is 0. The molecule has 0 spiro atoms. The number of nitrogens with one attached hydrogen (secondary N) is 2. The van der Waals surface area contributed by atoms with Crippen molar-refractivity contribution in [3.05, 3.63) is 65.5 Å². The Kier molecular flexibility index (Phi) is 6.72. The van der Waals surface area contributed by atoms with E-state index >= 15 is 0 Å². The van der Waals surface area contributed by atoms with Crippen molar-refractivity contribution in [1.29, 1.82) is 0 Å².